The number of halogens is 1. The van der Waals surface area contributed by atoms with Crippen LogP contribution in [-0.2, 0) is 0 Å². The zero-order valence-corrected chi connectivity index (χ0v) is 11.9. The van der Waals surface area contributed by atoms with Gasteiger partial charge in [0.25, 0.3) is 0 Å². The van der Waals surface area contributed by atoms with Crippen LogP contribution in [0.25, 0.3) is 0 Å². The topological polar surface area (TPSA) is 29.3 Å². The molecule has 3 heteroatoms. The van der Waals surface area contributed by atoms with E-state index in [1.807, 2.05) is 12.1 Å². The molecule has 0 saturated heterocycles. The second kappa shape index (κ2) is 6.86. The van der Waals surface area contributed by atoms with Crippen LogP contribution in [0.1, 0.15) is 37.4 Å². The highest BCUT2D eigenvalue weighted by Gasteiger charge is 2.17. The molecule has 1 aromatic carbocycles. The Bertz CT molecular complexity index is 379. The lowest BCUT2D eigenvalue weighted by Crippen LogP contribution is -2.33. The number of aryl methyl sites for hydroxylation is 1. The minimum Gasteiger partial charge on any atom is -0.329 e. The van der Waals surface area contributed by atoms with Gasteiger partial charge in [-0.25, -0.2) is 4.39 Å². The molecule has 102 valence electrons. The summed E-state index contributed by atoms with van der Waals surface area (Å²) in [5.41, 5.74) is 7.49. The van der Waals surface area contributed by atoms with Crippen molar-refractivity contribution in [3.8, 4) is 0 Å². The molecule has 0 aliphatic rings. The van der Waals surface area contributed by atoms with E-state index in [0.717, 1.165) is 18.5 Å². The van der Waals surface area contributed by atoms with Gasteiger partial charge in [0.2, 0.25) is 0 Å². The third-order valence-corrected chi connectivity index (χ3v) is 3.63. The van der Waals surface area contributed by atoms with Crippen molar-refractivity contribution in [1.29, 1.82) is 0 Å². The predicted molar refractivity (Wildman–Crippen MR) is 75.0 cm³/mol. The van der Waals surface area contributed by atoms with E-state index < -0.39 is 0 Å². The van der Waals surface area contributed by atoms with Crippen LogP contribution in [-0.4, -0.2) is 25.0 Å². The number of hydrogen-bond donors (Lipinski definition) is 1. The highest BCUT2D eigenvalue weighted by Crippen LogP contribution is 2.22. The van der Waals surface area contributed by atoms with Gasteiger partial charge in [0.05, 0.1) is 0 Å². The van der Waals surface area contributed by atoms with Crippen molar-refractivity contribution in [2.45, 2.75) is 33.2 Å². The fraction of sp³-hybridized carbons (Fsp3) is 0.600. The summed E-state index contributed by atoms with van der Waals surface area (Å²) in [5, 5.41) is 0. The smallest absolute Gasteiger partial charge is 0.126 e. The van der Waals surface area contributed by atoms with Crippen LogP contribution in [0.4, 0.5) is 4.39 Å². The Labute approximate surface area is 110 Å². The molecule has 2 nitrogen and oxygen atoms in total. The van der Waals surface area contributed by atoms with Crippen LogP contribution < -0.4 is 5.73 Å². The zero-order valence-electron chi connectivity index (χ0n) is 11.9. The molecule has 1 aromatic rings. The number of nitrogens with two attached hydrogens (primary N) is 1. The zero-order chi connectivity index (χ0) is 13.7. The van der Waals surface area contributed by atoms with Crippen molar-refractivity contribution in [3.63, 3.8) is 0 Å². The quantitative estimate of drug-likeness (QED) is 0.843. The molecule has 0 spiro atoms. The first kappa shape index (κ1) is 15.1. The van der Waals surface area contributed by atoms with Gasteiger partial charge in [-0.2, -0.15) is 0 Å². The molecular weight excluding hydrogens is 227 g/mol. The minimum atomic E-state index is -0.150. The van der Waals surface area contributed by atoms with Gasteiger partial charge in [-0.1, -0.05) is 32.4 Å². The van der Waals surface area contributed by atoms with Crippen LogP contribution in [0.15, 0.2) is 18.2 Å². The Morgan fingerprint density at radius 2 is 2.06 bits per heavy atom. The van der Waals surface area contributed by atoms with Gasteiger partial charge in [0.15, 0.2) is 0 Å². The summed E-state index contributed by atoms with van der Waals surface area (Å²) in [4.78, 5) is 2.22. The summed E-state index contributed by atoms with van der Waals surface area (Å²) in [6.45, 7) is 7.67. The second-order valence-electron chi connectivity index (χ2n) is 5.21. The Hall–Kier alpha value is -0.930. The van der Waals surface area contributed by atoms with Crippen LogP contribution in [0.5, 0.6) is 0 Å². The van der Waals surface area contributed by atoms with Crippen molar-refractivity contribution in [1.82, 2.24) is 4.90 Å². The first-order valence-electron chi connectivity index (χ1n) is 6.65. The van der Waals surface area contributed by atoms with Crippen molar-refractivity contribution < 1.29 is 4.39 Å². The lowest BCUT2D eigenvalue weighted by molar-refractivity contribution is 0.215. The van der Waals surface area contributed by atoms with E-state index in [1.54, 1.807) is 13.0 Å². The standard InChI is InChI=1S/C15H25FN2/c1-5-11(2)10-18(4)15(9-17)13-7-6-12(3)14(16)8-13/h6-8,11,15H,5,9-10,17H2,1-4H3. The highest BCUT2D eigenvalue weighted by atomic mass is 19.1. The van der Waals surface area contributed by atoms with Crippen LogP contribution in [0.2, 0.25) is 0 Å². The molecule has 2 N–H and O–H groups in total. The number of nitrogens with zero attached hydrogens (tertiary/aromatic N) is 1. The Morgan fingerprint density at radius 3 is 2.56 bits per heavy atom. The average molecular weight is 252 g/mol. The van der Waals surface area contributed by atoms with E-state index in [0.29, 0.717) is 18.0 Å². The molecular formula is C15H25FN2. The minimum absolute atomic E-state index is 0.0918. The maximum Gasteiger partial charge on any atom is 0.126 e. The molecule has 0 bridgehead atoms. The second-order valence-corrected chi connectivity index (χ2v) is 5.21. The highest BCUT2D eigenvalue weighted by molar-refractivity contribution is 5.26. The predicted octanol–water partition coefficient (Wildman–Crippen LogP) is 3.11. The summed E-state index contributed by atoms with van der Waals surface area (Å²) >= 11 is 0. The van der Waals surface area contributed by atoms with Gasteiger partial charge in [-0.05, 0) is 37.1 Å². The first-order chi connectivity index (χ1) is 8.49. The average Bonchev–Trinajstić information content (AvgIpc) is 2.34. The molecule has 2 unspecified atom stereocenters. The Morgan fingerprint density at radius 1 is 1.39 bits per heavy atom. The van der Waals surface area contributed by atoms with E-state index in [4.69, 9.17) is 5.73 Å². The molecule has 2 atom stereocenters. The van der Waals surface area contributed by atoms with Crippen molar-refractivity contribution >= 4 is 0 Å². The van der Waals surface area contributed by atoms with Gasteiger partial charge in [-0.15, -0.1) is 0 Å². The van der Waals surface area contributed by atoms with Crippen molar-refractivity contribution in [2.75, 3.05) is 20.1 Å². The molecule has 0 radical (unpaired) electrons. The van der Waals surface area contributed by atoms with Crippen molar-refractivity contribution in [3.05, 3.63) is 35.1 Å². The summed E-state index contributed by atoms with van der Waals surface area (Å²) in [7, 11) is 2.06. The monoisotopic (exact) mass is 252 g/mol. The van der Waals surface area contributed by atoms with Gasteiger partial charge >= 0.3 is 0 Å². The van der Waals surface area contributed by atoms with E-state index in [1.165, 1.54) is 0 Å². The van der Waals surface area contributed by atoms with Gasteiger partial charge < -0.3 is 5.73 Å². The molecule has 0 aliphatic heterocycles. The number of hydrogen-bond acceptors (Lipinski definition) is 2. The van der Waals surface area contributed by atoms with E-state index >= 15 is 0 Å². The van der Waals surface area contributed by atoms with E-state index in [9.17, 15) is 4.39 Å². The molecule has 0 aliphatic carbocycles. The molecule has 1 rings (SSSR count). The summed E-state index contributed by atoms with van der Waals surface area (Å²) < 4.78 is 13.6. The molecule has 0 amide bonds. The van der Waals surface area contributed by atoms with Crippen LogP contribution in [0.3, 0.4) is 0 Å². The number of likely N-dealkylation sites (N-methyl/N-ethyl adjacent to an activating group) is 1. The lowest BCUT2D eigenvalue weighted by Gasteiger charge is -2.29. The first-order valence-corrected chi connectivity index (χ1v) is 6.65. The van der Waals surface area contributed by atoms with E-state index in [2.05, 4.69) is 25.8 Å². The summed E-state index contributed by atoms with van der Waals surface area (Å²) in [6, 6.07) is 5.50. The number of benzene rings is 1. The fourth-order valence-corrected chi connectivity index (χ4v) is 2.13. The largest absolute Gasteiger partial charge is 0.329 e. The van der Waals surface area contributed by atoms with E-state index in [-0.39, 0.29) is 11.9 Å². The molecule has 0 fully saturated rings. The Kier molecular flexibility index (Phi) is 5.76. The molecule has 0 saturated carbocycles. The normalized spacial score (nSPS) is 14.8. The fourth-order valence-electron chi connectivity index (χ4n) is 2.13. The lowest BCUT2D eigenvalue weighted by atomic mass is 10.0. The van der Waals surface area contributed by atoms with Gasteiger partial charge in [0, 0.05) is 19.1 Å². The number of rotatable bonds is 6. The summed E-state index contributed by atoms with van der Waals surface area (Å²) in [6.07, 6.45) is 1.14. The third kappa shape index (κ3) is 3.79. The Balaban J connectivity index is 2.84. The molecule has 0 heterocycles. The van der Waals surface area contributed by atoms with Gasteiger partial charge in [0.1, 0.15) is 5.82 Å². The molecule has 0 aromatic heterocycles. The van der Waals surface area contributed by atoms with Crippen LogP contribution in [0, 0.1) is 18.7 Å². The van der Waals surface area contributed by atoms with Gasteiger partial charge in [-0.3, -0.25) is 4.90 Å². The maximum absolute atomic E-state index is 13.6. The SMILES string of the molecule is CCC(C)CN(C)C(CN)c1ccc(C)c(F)c1. The van der Waals surface area contributed by atoms with Crippen LogP contribution >= 0.6 is 0 Å². The maximum atomic E-state index is 13.6. The molecule has 18 heavy (non-hydrogen) atoms. The summed E-state index contributed by atoms with van der Waals surface area (Å²) in [5.74, 6) is 0.474. The third-order valence-electron chi connectivity index (χ3n) is 3.63. The van der Waals surface area contributed by atoms with Crippen molar-refractivity contribution in [2.24, 2.45) is 11.7 Å².